The molecule has 3 fully saturated rings. The average Bonchev–Trinajstić information content (AvgIpc) is 3.20. The summed E-state index contributed by atoms with van der Waals surface area (Å²) < 4.78 is 15.9. The van der Waals surface area contributed by atoms with Gasteiger partial charge in [0.25, 0.3) is 5.91 Å². The van der Waals surface area contributed by atoms with Crippen LogP contribution < -0.4 is 14.8 Å². The van der Waals surface area contributed by atoms with E-state index in [1.807, 2.05) is 17.0 Å². The van der Waals surface area contributed by atoms with Crippen molar-refractivity contribution in [2.24, 2.45) is 5.92 Å². The highest BCUT2D eigenvalue weighted by atomic mass is 16.5. The van der Waals surface area contributed by atoms with Crippen molar-refractivity contribution < 1.29 is 28.6 Å². The normalized spacial score (nSPS) is 23.7. The Labute approximate surface area is 225 Å². The number of imide groups is 1. The van der Waals surface area contributed by atoms with Crippen molar-refractivity contribution in [3.05, 3.63) is 23.8 Å². The Morgan fingerprint density at radius 1 is 1.05 bits per heavy atom. The zero-order valence-electron chi connectivity index (χ0n) is 22.9. The summed E-state index contributed by atoms with van der Waals surface area (Å²) >= 11 is 0. The summed E-state index contributed by atoms with van der Waals surface area (Å²) in [5.41, 5.74) is 0.915. The average molecular weight is 531 g/mol. The minimum Gasteiger partial charge on any atom is -0.493 e. The Morgan fingerprint density at radius 3 is 2.61 bits per heavy atom. The molecule has 0 spiro atoms. The molecule has 38 heavy (non-hydrogen) atoms. The highest BCUT2D eigenvalue weighted by Crippen LogP contribution is 2.32. The molecule has 0 saturated carbocycles. The molecule has 0 aromatic heterocycles. The van der Waals surface area contributed by atoms with Gasteiger partial charge < -0.3 is 29.3 Å². The lowest BCUT2D eigenvalue weighted by Crippen LogP contribution is -2.52. The zero-order chi connectivity index (χ0) is 27.1. The number of carbonyl (C=O) groups is 3. The van der Waals surface area contributed by atoms with Crippen LogP contribution in [0.15, 0.2) is 18.2 Å². The fourth-order valence-corrected chi connectivity index (χ4v) is 6.10. The lowest BCUT2D eigenvalue weighted by Gasteiger charge is -2.45. The van der Waals surface area contributed by atoms with Crippen molar-refractivity contribution in [1.82, 2.24) is 20.0 Å². The molecule has 1 aromatic carbocycles. The van der Waals surface area contributed by atoms with Gasteiger partial charge in [0.2, 0.25) is 5.91 Å². The van der Waals surface area contributed by atoms with E-state index >= 15 is 0 Å². The van der Waals surface area contributed by atoms with Crippen molar-refractivity contribution in [2.45, 2.75) is 57.0 Å². The summed E-state index contributed by atoms with van der Waals surface area (Å²) in [4.78, 5) is 44.8. The molecule has 0 bridgehead atoms. The number of hydrogen-bond acceptors (Lipinski definition) is 7. The first-order valence-corrected chi connectivity index (χ1v) is 13.8. The number of amides is 4. The molecule has 4 rings (SSSR count). The van der Waals surface area contributed by atoms with Crippen LogP contribution in [0.4, 0.5) is 4.79 Å². The molecule has 4 amide bonds. The van der Waals surface area contributed by atoms with Gasteiger partial charge in [-0.2, -0.15) is 0 Å². The Kier molecular flexibility index (Phi) is 9.85. The molecule has 3 saturated heterocycles. The van der Waals surface area contributed by atoms with Gasteiger partial charge in [-0.3, -0.25) is 14.5 Å². The van der Waals surface area contributed by atoms with Crippen molar-refractivity contribution in [3.63, 3.8) is 0 Å². The molecule has 0 aliphatic carbocycles. The van der Waals surface area contributed by atoms with Crippen molar-refractivity contribution in [2.75, 3.05) is 60.7 Å². The second-order valence-electron chi connectivity index (χ2n) is 10.5. The summed E-state index contributed by atoms with van der Waals surface area (Å²) in [6.45, 7) is 4.11. The summed E-state index contributed by atoms with van der Waals surface area (Å²) in [6, 6.07) is 4.74. The van der Waals surface area contributed by atoms with Gasteiger partial charge in [0.1, 0.15) is 6.04 Å². The highest BCUT2D eigenvalue weighted by molar-refractivity contribution is 6.05. The van der Waals surface area contributed by atoms with Crippen LogP contribution in [0.25, 0.3) is 0 Å². The van der Waals surface area contributed by atoms with Gasteiger partial charge in [-0.05, 0) is 68.8 Å². The SMILES string of the molecule is COCCN(C[C@@H]1CCCN2CCCC[C@@H]12)C(=O)C[C@@H]1NC(=O)N(CCc2ccc(OC)c(OC)c2)C1=O. The molecule has 3 atom stereocenters. The van der Waals surface area contributed by atoms with Gasteiger partial charge in [-0.25, -0.2) is 4.79 Å². The molecule has 10 nitrogen and oxygen atoms in total. The van der Waals surface area contributed by atoms with E-state index in [2.05, 4.69) is 10.2 Å². The Hall–Kier alpha value is -2.85. The number of methoxy groups -OCH3 is 3. The van der Waals surface area contributed by atoms with Crippen LogP contribution in [-0.4, -0.2) is 105 Å². The first-order chi connectivity index (χ1) is 18.4. The molecule has 3 heterocycles. The zero-order valence-corrected chi connectivity index (χ0v) is 22.9. The molecule has 1 aromatic rings. The van der Waals surface area contributed by atoms with Crippen LogP contribution in [0.3, 0.4) is 0 Å². The number of nitrogens with zero attached hydrogens (tertiary/aromatic N) is 3. The molecule has 1 N–H and O–H groups in total. The molecule has 3 aliphatic heterocycles. The van der Waals surface area contributed by atoms with E-state index in [4.69, 9.17) is 14.2 Å². The number of hydrogen-bond donors (Lipinski definition) is 1. The van der Waals surface area contributed by atoms with Crippen molar-refractivity contribution in [3.8, 4) is 11.5 Å². The summed E-state index contributed by atoms with van der Waals surface area (Å²) in [5.74, 6) is 1.17. The summed E-state index contributed by atoms with van der Waals surface area (Å²) in [5, 5.41) is 2.73. The van der Waals surface area contributed by atoms with Crippen LogP contribution in [-0.2, 0) is 20.7 Å². The van der Waals surface area contributed by atoms with E-state index in [0.717, 1.165) is 31.5 Å². The predicted molar refractivity (Wildman–Crippen MR) is 142 cm³/mol. The largest absolute Gasteiger partial charge is 0.493 e. The third kappa shape index (κ3) is 6.58. The number of benzene rings is 1. The number of urea groups is 1. The third-order valence-corrected chi connectivity index (χ3v) is 8.16. The van der Waals surface area contributed by atoms with Gasteiger partial charge in [0.05, 0.1) is 27.2 Å². The molecule has 0 radical (unpaired) electrons. The lowest BCUT2D eigenvalue weighted by molar-refractivity contribution is -0.137. The van der Waals surface area contributed by atoms with Crippen LogP contribution in [0, 0.1) is 5.92 Å². The number of piperidine rings is 2. The maximum atomic E-state index is 13.4. The van der Waals surface area contributed by atoms with E-state index in [9.17, 15) is 14.4 Å². The molecular weight excluding hydrogens is 488 g/mol. The van der Waals surface area contributed by atoms with E-state index < -0.39 is 12.1 Å². The molecular formula is C28H42N4O6. The monoisotopic (exact) mass is 530 g/mol. The molecule has 10 heteroatoms. The Morgan fingerprint density at radius 2 is 1.84 bits per heavy atom. The van der Waals surface area contributed by atoms with E-state index in [1.54, 1.807) is 27.4 Å². The van der Waals surface area contributed by atoms with Gasteiger partial charge >= 0.3 is 6.03 Å². The minimum absolute atomic E-state index is 0.0394. The maximum Gasteiger partial charge on any atom is 0.324 e. The number of carbonyl (C=O) groups excluding carboxylic acids is 3. The van der Waals surface area contributed by atoms with E-state index in [0.29, 0.717) is 49.6 Å². The van der Waals surface area contributed by atoms with E-state index in [-0.39, 0.29) is 24.8 Å². The third-order valence-electron chi connectivity index (χ3n) is 8.16. The Bertz CT molecular complexity index is 986. The van der Waals surface area contributed by atoms with Crippen LogP contribution in [0.2, 0.25) is 0 Å². The number of ether oxygens (including phenoxy) is 3. The standard InChI is InChI=1S/C28H42N4O6/c1-36-16-15-31(19-21-7-6-13-30-12-5-4-8-23(21)30)26(33)18-22-27(34)32(28(35)29-22)14-11-20-9-10-24(37-2)25(17-20)38-3/h9-10,17,21-23H,4-8,11-16,18-19H2,1-3H3,(H,29,35)/t21-,22-,23-/m0/s1. The molecule has 3 aliphatic rings. The minimum atomic E-state index is -0.844. The van der Waals surface area contributed by atoms with Gasteiger partial charge in [-0.15, -0.1) is 0 Å². The van der Waals surface area contributed by atoms with Crippen LogP contribution in [0.1, 0.15) is 44.1 Å². The first-order valence-electron chi connectivity index (χ1n) is 13.8. The molecule has 0 unspecified atom stereocenters. The predicted octanol–water partition coefficient (Wildman–Crippen LogP) is 2.30. The summed E-state index contributed by atoms with van der Waals surface area (Å²) in [6.07, 6.45) is 6.37. The summed E-state index contributed by atoms with van der Waals surface area (Å²) in [7, 11) is 4.77. The lowest BCUT2D eigenvalue weighted by atomic mass is 9.83. The quantitative estimate of drug-likeness (QED) is 0.414. The van der Waals surface area contributed by atoms with Crippen molar-refractivity contribution in [1.29, 1.82) is 0 Å². The first kappa shape index (κ1) is 28.2. The van der Waals surface area contributed by atoms with Crippen LogP contribution >= 0.6 is 0 Å². The topological polar surface area (TPSA) is 101 Å². The Balaban J connectivity index is 1.35. The van der Waals surface area contributed by atoms with Gasteiger partial charge in [0, 0.05) is 32.8 Å². The second-order valence-corrected chi connectivity index (χ2v) is 10.5. The number of fused-ring (bicyclic) bond motifs is 1. The molecule has 210 valence electrons. The number of nitrogens with one attached hydrogen (secondary N) is 1. The maximum absolute atomic E-state index is 13.4. The fourth-order valence-electron chi connectivity index (χ4n) is 6.10. The van der Waals surface area contributed by atoms with Gasteiger partial charge in [-0.1, -0.05) is 12.5 Å². The smallest absolute Gasteiger partial charge is 0.324 e. The van der Waals surface area contributed by atoms with Crippen LogP contribution in [0.5, 0.6) is 11.5 Å². The second kappa shape index (κ2) is 13.3. The fraction of sp³-hybridized carbons (Fsp3) is 0.679. The van der Waals surface area contributed by atoms with Crippen molar-refractivity contribution >= 4 is 17.8 Å². The number of rotatable bonds is 12. The highest BCUT2D eigenvalue weighted by Gasteiger charge is 2.40. The van der Waals surface area contributed by atoms with E-state index in [1.165, 1.54) is 24.2 Å². The van der Waals surface area contributed by atoms with Gasteiger partial charge in [0.15, 0.2) is 11.5 Å².